The summed E-state index contributed by atoms with van der Waals surface area (Å²) in [7, 11) is 5.29. The van der Waals surface area contributed by atoms with Gasteiger partial charge in [-0.15, -0.1) is 0 Å². The summed E-state index contributed by atoms with van der Waals surface area (Å²) < 4.78 is 13.1. The fourth-order valence-corrected chi connectivity index (χ4v) is 4.44. The lowest BCUT2D eigenvalue weighted by Crippen LogP contribution is -2.28. The Labute approximate surface area is 195 Å². The first kappa shape index (κ1) is 22.5. The molecule has 1 aromatic heterocycles. The number of aryl methyl sites for hydroxylation is 1. The van der Waals surface area contributed by atoms with Crippen molar-refractivity contribution in [3.05, 3.63) is 95.7 Å². The van der Waals surface area contributed by atoms with Gasteiger partial charge in [-0.2, -0.15) is 0 Å². The molecule has 33 heavy (non-hydrogen) atoms. The molecule has 0 fully saturated rings. The second-order valence-corrected chi connectivity index (χ2v) is 8.28. The average molecular weight is 443 g/mol. The van der Waals surface area contributed by atoms with Crippen LogP contribution < -0.4 is 14.8 Å². The highest BCUT2D eigenvalue weighted by molar-refractivity contribution is 5.86. The van der Waals surface area contributed by atoms with E-state index in [9.17, 15) is 4.79 Å². The minimum Gasteiger partial charge on any atom is -0.493 e. The van der Waals surface area contributed by atoms with Crippen molar-refractivity contribution in [2.45, 2.75) is 25.3 Å². The molecule has 0 radical (unpaired) electrons. The van der Waals surface area contributed by atoms with Gasteiger partial charge in [0.25, 0.3) is 0 Å². The molecule has 170 valence electrons. The molecule has 0 aliphatic heterocycles. The van der Waals surface area contributed by atoms with Crippen LogP contribution >= 0.6 is 0 Å². The minimum absolute atomic E-state index is 0.000859. The van der Waals surface area contributed by atoms with E-state index >= 15 is 0 Å². The number of aromatic nitrogens is 1. The van der Waals surface area contributed by atoms with Crippen molar-refractivity contribution >= 4 is 16.8 Å². The molecule has 0 saturated carbocycles. The summed E-state index contributed by atoms with van der Waals surface area (Å²) in [5, 5.41) is 4.31. The maximum absolute atomic E-state index is 13.2. The summed E-state index contributed by atoms with van der Waals surface area (Å²) in [6.45, 7) is 2.01. The lowest BCUT2D eigenvalue weighted by Gasteiger charge is -2.21. The standard InChI is InChI=1S/C28H30N2O3/c1-19(20-10-6-5-7-11-20)29-28(31)17-23(21-14-15-26(32-3)27(16-21)33-4)24-18-30(2)25-13-9-8-12-22(24)25/h5-16,18-19,23H,17H2,1-4H3,(H,29,31)/t19-,23-/m0/s1. The Morgan fingerprint density at radius 3 is 2.33 bits per heavy atom. The first-order valence-corrected chi connectivity index (χ1v) is 11.1. The summed E-state index contributed by atoms with van der Waals surface area (Å²) in [5.41, 5.74) is 4.34. The molecule has 1 amide bonds. The van der Waals surface area contributed by atoms with Crippen LogP contribution in [0.1, 0.15) is 42.0 Å². The second kappa shape index (κ2) is 9.82. The van der Waals surface area contributed by atoms with Crippen LogP contribution in [-0.4, -0.2) is 24.7 Å². The topological polar surface area (TPSA) is 52.5 Å². The molecule has 5 heteroatoms. The van der Waals surface area contributed by atoms with Gasteiger partial charge in [0, 0.05) is 36.5 Å². The molecule has 3 aromatic carbocycles. The first-order chi connectivity index (χ1) is 16.0. The van der Waals surface area contributed by atoms with Crippen molar-refractivity contribution in [1.29, 1.82) is 0 Å². The van der Waals surface area contributed by atoms with Crippen LogP contribution in [0.25, 0.3) is 10.9 Å². The van der Waals surface area contributed by atoms with Gasteiger partial charge in [0.05, 0.1) is 20.3 Å². The number of nitrogens with one attached hydrogen (secondary N) is 1. The second-order valence-electron chi connectivity index (χ2n) is 8.28. The number of hydrogen-bond donors (Lipinski definition) is 1. The zero-order chi connectivity index (χ0) is 23.4. The summed E-state index contributed by atoms with van der Waals surface area (Å²) in [5.74, 6) is 1.18. The molecule has 0 aliphatic rings. The Morgan fingerprint density at radius 1 is 0.909 bits per heavy atom. The largest absolute Gasteiger partial charge is 0.493 e. The third kappa shape index (κ3) is 4.72. The molecule has 0 aliphatic carbocycles. The number of carbonyl (C=O) groups excluding carboxylic acids is 1. The van der Waals surface area contributed by atoms with E-state index in [1.165, 1.54) is 0 Å². The van der Waals surface area contributed by atoms with E-state index in [1.807, 2.05) is 74.6 Å². The van der Waals surface area contributed by atoms with Crippen molar-refractivity contribution < 1.29 is 14.3 Å². The number of ether oxygens (including phenoxy) is 2. The number of nitrogens with zero attached hydrogens (tertiary/aromatic N) is 1. The van der Waals surface area contributed by atoms with Gasteiger partial charge in [0.2, 0.25) is 5.91 Å². The Bertz CT molecular complexity index is 1250. The third-order valence-corrected chi connectivity index (χ3v) is 6.18. The number of para-hydroxylation sites is 1. The van der Waals surface area contributed by atoms with Crippen molar-refractivity contribution in [3.8, 4) is 11.5 Å². The number of fused-ring (bicyclic) bond motifs is 1. The van der Waals surface area contributed by atoms with Gasteiger partial charge in [0.15, 0.2) is 11.5 Å². The highest BCUT2D eigenvalue weighted by Crippen LogP contribution is 2.38. The molecule has 1 heterocycles. The van der Waals surface area contributed by atoms with Gasteiger partial charge in [-0.1, -0.05) is 54.6 Å². The van der Waals surface area contributed by atoms with Crippen LogP contribution in [-0.2, 0) is 11.8 Å². The van der Waals surface area contributed by atoms with Crippen LogP contribution in [0.3, 0.4) is 0 Å². The van der Waals surface area contributed by atoms with Crippen LogP contribution in [0.5, 0.6) is 11.5 Å². The smallest absolute Gasteiger partial charge is 0.221 e. The van der Waals surface area contributed by atoms with E-state index in [2.05, 4.69) is 28.2 Å². The Hall–Kier alpha value is -3.73. The summed E-state index contributed by atoms with van der Waals surface area (Å²) >= 11 is 0. The maximum atomic E-state index is 13.2. The number of methoxy groups -OCH3 is 2. The Morgan fingerprint density at radius 2 is 1.61 bits per heavy atom. The SMILES string of the molecule is COc1ccc([C@H](CC(=O)N[C@@H](C)c2ccccc2)c2cn(C)c3ccccc23)cc1OC. The summed E-state index contributed by atoms with van der Waals surface area (Å²) in [6, 6.07) is 24.1. The van der Waals surface area contributed by atoms with Crippen molar-refractivity contribution in [2.75, 3.05) is 14.2 Å². The summed E-state index contributed by atoms with van der Waals surface area (Å²) in [6.07, 6.45) is 2.45. The van der Waals surface area contributed by atoms with Crippen LogP contribution in [0.4, 0.5) is 0 Å². The highest BCUT2D eigenvalue weighted by Gasteiger charge is 2.24. The van der Waals surface area contributed by atoms with Gasteiger partial charge in [-0.25, -0.2) is 0 Å². The van der Waals surface area contributed by atoms with Crippen LogP contribution in [0, 0.1) is 0 Å². The number of benzene rings is 3. The van der Waals surface area contributed by atoms with Crippen molar-refractivity contribution in [2.24, 2.45) is 7.05 Å². The monoisotopic (exact) mass is 442 g/mol. The number of rotatable bonds is 8. The van der Waals surface area contributed by atoms with Crippen molar-refractivity contribution in [1.82, 2.24) is 9.88 Å². The molecule has 4 aromatic rings. The predicted molar refractivity (Wildman–Crippen MR) is 132 cm³/mol. The molecule has 5 nitrogen and oxygen atoms in total. The van der Waals surface area contributed by atoms with Gasteiger partial charge >= 0.3 is 0 Å². The molecule has 0 bridgehead atoms. The number of amides is 1. The van der Waals surface area contributed by atoms with Crippen molar-refractivity contribution in [3.63, 3.8) is 0 Å². The average Bonchev–Trinajstić information content (AvgIpc) is 3.19. The highest BCUT2D eigenvalue weighted by atomic mass is 16.5. The maximum Gasteiger partial charge on any atom is 0.221 e. The Kier molecular flexibility index (Phi) is 6.68. The zero-order valence-corrected chi connectivity index (χ0v) is 19.5. The fourth-order valence-electron chi connectivity index (χ4n) is 4.44. The number of hydrogen-bond acceptors (Lipinski definition) is 3. The van der Waals surface area contributed by atoms with E-state index in [1.54, 1.807) is 14.2 Å². The van der Waals surface area contributed by atoms with Gasteiger partial charge in [-0.3, -0.25) is 4.79 Å². The van der Waals surface area contributed by atoms with E-state index in [4.69, 9.17) is 9.47 Å². The molecular formula is C28H30N2O3. The normalized spacial score (nSPS) is 12.8. The van der Waals surface area contributed by atoms with Gasteiger partial charge < -0.3 is 19.4 Å². The molecular weight excluding hydrogens is 412 g/mol. The lowest BCUT2D eigenvalue weighted by molar-refractivity contribution is -0.121. The van der Waals surface area contributed by atoms with E-state index in [0.717, 1.165) is 27.6 Å². The molecule has 0 saturated heterocycles. The van der Waals surface area contributed by atoms with Crippen LogP contribution in [0.15, 0.2) is 79.0 Å². The van der Waals surface area contributed by atoms with Gasteiger partial charge in [0.1, 0.15) is 0 Å². The minimum atomic E-state index is -0.140. The van der Waals surface area contributed by atoms with E-state index in [-0.39, 0.29) is 17.9 Å². The molecule has 0 spiro atoms. The quantitative estimate of drug-likeness (QED) is 0.387. The lowest BCUT2D eigenvalue weighted by atomic mass is 9.87. The molecule has 4 rings (SSSR count). The van der Waals surface area contributed by atoms with Gasteiger partial charge in [-0.05, 0) is 41.8 Å². The third-order valence-electron chi connectivity index (χ3n) is 6.18. The molecule has 1 N–H and O–H groups in total. The molecule has 0 unspecified atom stereocenters. The molecule has 2 atom stereocenters. The summed E-state index contributed by atoms with van der Waals surface area (Å²) in [4.78, 5) is 13.2. The first-order valence-electron chi connectivity index (χ1n) is 11.1. The van der Waals surface area contributed by atoms with E-state index < -0.39 is 0 Å². The Balaban J connectivity index is 1.71. The number of carbonyl (C=O) groups is 1. The van der Waals surface area contributed by atoms with Crippen LogP contribution in [0.2, 0.25) is 0 Å². The zero-order valence-electron chi connectivity index (χ0n) is 19.5. The fraction of sp³-hybridized carbons (Fsp3) is 0.250. The van der Waals surface area contributed by atoms with E-state index in [0.29, 0.717) is 17.9 Å². The predicted octanol–water partition coefficient (Wildman–Crippen LogP) is 5.59.